The van der Waals surface area contributed by atoms with Gasteiger partial charge in [0.25, 0.3) is 0 Å². The van der Waals surface area contributed by atoms with E-state index in [-0.39, 0.29) is 17.9 Å². The molecule has 2 heterocycles. The van der Waals surface area contributed by atoms with Crippen LogP contribution in [0.3, 0.4) is 0 Å². The zero-order chi connectivity index (χ0) is 20.0. The Morgan fingerprint density at radius 1 is 1.26 bits per heavy atom. The minimum Gasteiger partial charge on any atom is -0.273 e. The SMILES string of the molecule is CCn1cc([C@@H]2CS(=O)(=O)CCN2S(=O)(=O)c2cc(F)c(C)cc2F)cn1. The number of hydrogen-bond donors (Lipinski definition) is 0. The number of benzene rings is 1. The van der Waals surface area contributed by atoms with Crippen molar-refractivity contribution in [2.45, 2.75) is 31.3 Å². The van der Waals surface area contributed by atoms with Gasteiger partial charge in [-0.3, -0.25) is 4.68 Å². The van der Waals surface area contributed by atoms with Crippen LogP contribution in [0.5, 0.6) is 0 Å². The topological polar surface area (TPSA) is 89.3 Å². The highest BCUT2D eigenvalue weighted by atomic mass is 32.2. The molecule has 148 valence electrons. The summed E-state index contributed by atoms with van der Waals surface area (Å²) in [6, 6.07) is 0.390. The highest BCUT2D eigenvalue weighted by Gasteiger charge is 2.41. The summed E-state index contributed by atoms with van der Waals surface area (Å²) in [5, 5.41) is 4.06. The lowest BCUT2D eigenvalue weighted by Gasteiger charge is -2.34. The Balaban J connectivity index is 2.10. The monoisotopic (exact) mass is 419 g/mol. The van der Waals surface area contributed by atoms with Crippen LogP contribution in [0.2, 0.25) is 0 Å². The van der Waals surface area contributed by atoms with Gasteiger partial charge in [0.2, 0.25) is 10.0 Å². The van der Waals surface area contributed by atoms with Crippen molar-refractivity contribution in [1.29, 1.82) is 0 Å². The second-order valence-electron chi connectivity index (χ2n) is 6.41. The zero-order valence-electron chi connectivity index (χ0n) is 14.8. The van der Waals surface area contributed by atoms with E-state index in [0.717, 1.165) is 10.4 Å². The highest BCUT2D eigenvalue weighted by Crippen LogP contribution is 2.33. The third-order valence-electron chi connectivity index (χ3n) is 4.54. The van der Waals surface area contributed by atoms with Gasteiger partial charge in [-0.2, -0.15) is 9.40 Å². The van der Waals surface area contributed by atoms with Gasteiger partial charge in [0.1, 0.15) is 16.5 Å². The second-order valence-corrected chi connectivity index (χ2v) is 10.5. The number of sulfonamides is 1. The van der Waals surface area contributed by atoms with Crippen LogP contribution in [0.15, 0.2) is 29.4 Å². The first-order valence-electron chi connectivity index (χ1n) is 8.25. The minimum absolute atomic E-state index is 0.0200. The number of aryl methyl sites for hydroxylation is 2. The minimum atomic E-state index is -4.46. The van der Waals surface area contributed by atoms with E-state index in [1.165, 1.54) is 17.8 Å². The molecule has 2 aromatic rings. The molecule has 1 atom stereocenters. The van der Waals surface area contributed by atoms with Crippen molar-refractivity contribution in [1.82, 2.24) is 14.1 Å². The highest BCUT2D eigenvalue weighted by molar-refractivity contribution is 7.92. The van der Waals surface area contributed by atoms with Crippen molar-refractivity contribution in [3.05, 3.63) is 47.3 Å². The maximum absolute atomic E-state index is 14.3. The molecular weight excluding hydrogens is 400 g/mol. The molecule has 1 aliphatic rings. The third-order valence-corrected chi connectivity index (χ3v) is 8.10. The average Bonchev–Trinajstić information content (AvgIpc) is 3.06. The first-order chi connectivity index (χ1) is 12.5. The summed E-state index contributed by atoms with van der Waals surface area (Å²) in [6.07, 6.45) is 2.95. The van der Waals surface area contributed by atoms with Crippen LogP contribution >= 0.6 is 0 Å². The zero-order valence-corrected chi connectivity index (χ0v) is 16.4. The molecule has 0 radical (unpaired) electrons. The number of rotatable bonds is 4. The first-order valence-corrected chi connectivity index (χ1v) is 11.5. The van der Waals surface area contributed by atoms with Gasteiger partial charge in [-0.15, -0.1) is 0 Å². The molecule has 0 N–H and O–H groups in total. The standard InChI is InChI=1S/C16H19F2N3O4S2/c1-3-20-9-12(8-19-20)15-10-26(22,23)5-4-21(15)27(24,25)16-7-13(17)11(2)6-14(16)18/h6-9,15H,3-5,10H2,1-2H3/t15-/m0/s1. The summed E-state index contributed by atoms with van der Waals surface area (Å²) in [5.74, 6) is -2.77. The average molecular weight is 419 g/mol. The lowest BCUT2D eigenvalue weighted by atomic mass is 10.2. The van der Waals surface area contributed by atoms with E-state index in [1.54, 1.807) is 6.20 Å². The molecule has 1 aromatic heterocycles. The van der Waals surface area contributed by atoms with Gasteiger partial charge in [-0.05, 0) is 31.5 Å². The first kappa shape index (κ1) is 19.9. The molecular formula is C16H19F2N3O4S2. The van der Waals surface area contributed by atoms with Gasteiger partial charge in [0.15, 0.2) is 9.84 Å². The van der Waals surface area contributed by atoms with Crippen molar-refractivity contribution in [3.8, 4) is 0 Å². The summed E-state index contributed by atoms with van der Waals surface area (Å²) in [6.45, 7) is 3.32. The molecule has 1 aliphatic heterocycles. The molecule has 1 aromatic carbocycles. The molecule has 1 fully saturated rings. The molecule has 0 saturated carbocycles. The van der Waals surface area contributed by atoms with Crippen LogP contribution in [-0.2, 0) is 26.4 Å². The van der Waals surface area contributed by atoms with Crippen molar-refractivity contribution < 1.29 is 25.6 Å². The lowest BCUT2D eigenvalue weighted by Crippen LogP contribution is -2.46. The van der Waals surface area contributed by atoms with Gasteiger partial charge >= 0.3 is 0 Å². The fraction of sp³-hybridized carbons (Fsp3) is 0.438. The van der Waals surface area contributed by atoms with Gasteiger partial charge in [0, 0.05) is 24.8 Å². The van der Waals surface area contributed by atoms with Crippen molar-refractivity contribution in [2.75, 3.05) is 18.1 Å². The van der Waals surface area contributed by atoms with Crippen LogP contribution in [0.1, 0.15) is 24.1 Å². The molecule has 0 unspecified atom stereocenters. The summed E-state index contributed by atoms with van der Waals surface area (Å²) < 4.78 is 80.9. The van der Waals surface area contributed by atoms with Crippen LogP contribution in [0.4, 0.5) is 8.78 Å². The molecule has 11 heteroatoms. The van der Waals surface area contributed by atoms with Crippen molar-refractivity contribution >= 4 is 19.9 Å². The van der Waals surface area contributed by atoms with E-state index in [1.807, 2.05) is 6.92 Å². The summed E-state index contributed by atoms with van der Waals surface area (Å²) in [4.78, 5) is -0.808. The van der Waals surface area contributed by atoms with E-state index in [9.17, 15) is 25.6 Å². The predicted molar refractivity (Wildman–Crippen MR) is 94.3 cm³/mol. The third kappa shape index (κ3) is 3.76. The molecule has 1 saturated heterocycles. The molecule has 7 nitrogen and oxygen atoms in total. The molecule has 3 rings (SSSR count). The summed E-state index contributed by atoms with van der Waals surface area (Å²) in [7, 11) is -7.95. The van der Waals surface area contributed by atoms with Crippen LogP contribution in [0.25, 0.3) is 0 Å². The Labute approximate surface area is 156 Å². The normalized spacial score (nSPS) is 20.7. The fourth-order valence-corrected chi connectivity index (χ4v) is 6.40. The maximum atomic E-state index is 14.3. The second kappa shape index (κ2) is 6.95. The van der Waals surface area contributed by atoms with E-state index in [4.69, 9.17) is 0 Å². The maximum Gasteiger partial charge on any atom is 0.246 e. The molecule has 0 aliphatic carbocycles. The number of sulfone groups is 1. The Morgan fingerprint density at radius 3 is 2.59 bits per heavy atom. The van der Waals surface area contributed by atoms with E-state index in [0.29, 0.717) is 18.2 Å². The Hall–Kier alpha value is -1.85. The van der Waals surface area contributed by atoms with Crippen LogP contribution in [0, 0.1) is 18.6 Å². The van der Waals surface area contributed by atoms with Gasteiger partial charge in [-0.25, -0.2) is 25.6 Å². The van der Waals surface area contributed by atoms with E-state index < -0.39 is 48.2 Å². The van der Waals surface area contributed by atoms with Gasteiger partial charge < -0.3 is 0 Å². The van der Waals surface area contributed by atoms with Crippen LogP contribution < -0.4 is 0 Å². The van der Waals surface area contributed by atoms with Gasteiger partial charge in [0.05, 0.1) is 23.7 Å². The smallest absolute Gasteiger partial charge is 0.246 e. The number of halogens is 2. The summed E-state index contributed by atoms with van der Waals surface area (Å²) >= 11 is 0. The number of aromatic nitrogens is 2. The molecule has 0 spiro atoms. The van der Waals surface area contributed by atoms with E-state index >= 15 is 0 Å². The number of hydrogen-bond acceptors (Lipinski definition) is 5. The van der Waals surface area contributed by atoms with Gasteiger partial charge in [-0.1, -0.05) is 0 Å². The predicted octanol–water partition coefficient (Wildman–Crippen LogP) is 1.65. The Kier molecular flexibility index (Phi) is 5.12. The van der Waals surface area contributed by atoms with E-state index in [2.05, 4.69) is 5.10 Å². The fourth-order valence-electron chi connectivity index (χ4n) is 3.02. The lowest BCUT2D eigenvalue weighted by molar-refractivity contribution is 0.342. The Bertz CT molecular complexity index is 1080. The molecule has 0 bridgehead atoms. The van der Waals surface area contributed by atoms with Crippen molar-refractivity contribution in [2.24, 2.45) is 0 Å². The molecule has 0 amide bonds. The number of nitrogens with zero attached hydrogens (tertiary/aromatic N) is 3. The van der Waals surface area contributed by atoms with Crippen LogP contribution in [-0.4, -0.2) is 49.0 Å². The largest absolute Gasteiger partial charge is 0.273 e. The quantitative estimate of drug-likeness (QED) is 0.752. The Morgan fingerprint density at radius 2 is 1.96 bits per heavy atom. The summed E-state index contributed by atoms with van der Waals surface area (Å²) in [5.41, 5.74) is 0.366. The molecule has 27 heavy (non-hydrogen) atoms. The van der Waals surface area contributed by atoms with Crippen molar-refractivity contribution in [3.63, 3.8) is 0 Å².